The molecule has 1 aliphatic rings. The predicted octanol–water partition coefficient (Wildman–Crippen LogP) is 2.53. The molecular weight excluding hydrogens is 382 g/mol. The van der Waals surface area contributed by atoms with E-state index >= 15 is 0 Å². The van der Waals surface area contributed by atoms with Crippen LogP contribution in [0.5, 0.6) is 11.5 Å². The molecule has 2 aromatic rings. The molecule has 0 saturated carbocycles. The first kappa shape index (κ1) is 19.4. The first-order valence-electron chi connectivity index (χ1n) is 8.22. The molecule has 1 amide bonds. The van der Waals surface area contributed by atoms with E-state index in [0.29, 0.717) is 22.4 Å². The second-order valence-corrected chi connectivity index (χ2v) is 6.65. The van der Waals surface area contributed by atoms with Crippen molar-refractivity contribution in [3.63, 3.8) is 0 Å². The van der Waals surface area contributed by atoms with E-state index in [9.17, 15) is 9.59 Å². The summed E-state index contributed by atoms with van der Waals surface area (Å²) in [5.41, 5.74) is 1.82. The Bertz CT molecular complexity index is 941. The number of thioether (sulfide) groups is 1. The number of rotatable bonds is 7. The first-order chi connectivity index (χ1) is 13.5. The molecule has 9 heteroatoms. The Kier molecular flexibility index (Phi) is 6.28. The molecule has 1 fully saturated rings. The molecule has 144 valence electrons. The Morgan fingerprint density at radius 1 is 1.25 bits per heavy atom. The Labute approximate surface area is 165 Å². The highest BCUT2D eigenvalue weighted by Gasteiger charge is 2.16. The summed E-state index contributed by atoms with van der Waals surface area (Å²) in [6, 6.07) is 11.8. The number of carbonyl (C=O) groups is 2. The van der Waals surface area contributed by atoms with Crippen LogP contribution in [-0.2, 0) is 11.4 Å². The average Bonchev–Trinajstić information content (AvgIpc) is 3.12. The summed E-state index contributed by atoms with van der Waals surface area (Å²) in [4.78, 5) is 22.0. The van der Waals surface area contributed by atoms with Crippen LogP contribution in [0.15, 0.2) is 52.7 Å². The Morgan fingerprint density at radius 2 is 2.04 bits per heavy atom. The topological polar surface area (TPSA) is 110 Å². The zero-order valence-corrected chi connectivity index (χ0v) is 15.7. The maximum atomic E-state index is 11.1. The van der Waals surface area contributed by atoms with Gasteiger partial charge in [-0.25, -0.2) is 4.79 Å². The minimum Gasteiger partial charge on any atom is -0.493 e. The zero-order valence-electron chi connectivity index (χ0n) is 14.9. The second-order valence-electron chi connectivity index (χ2n) is 5.69. The third kappa shape index (κ3) is 5.10. The van der Waals surface area contributed by atoms with Crippen LogP contribution >= 0.6 is 11.8 Å². The molecule has 0 radical (unpaired) electrons. The summed E-state index contributed by atoms with van der Waals surface area (Å²) in [7, 11) is 1.54. The summed E-state index contributed by atoms with van der Waals surface area (Å²) >= 11 is 1.30. The lowest BCUT2D eigenvalue weighted by atomic mass is 10.1. The number of hydrogen-bond donors (Lipinski definition) is 2. The SMILES string of the molecule is COc1cc(C=NN=C2NC(=O)CS2)ccc1OCc1ccc(C(=O)O)cc1. The van der Waals surface area contributed by atoms with Gasteiger partial charge in [-0.05, 0) is 41.5 Å². The van der Waals surface area contributed by atoms with Gasteiger partial charge in [-0.1, -0.05) is 23.9 Å². The molecule has 0 aliphatic carbocycles. The number of nitrogens with zero attached hydrogens (tertiary/aromatic N) is 2. The van der Waals surface area contributed by atoms with Gasteiger partial charge in [0.05, 0.1) is 24.6 Å². The monoisotopic (exact) mass is 399 g/mol. The summed E-state index contributed by atoms with van der Waals surface area (Å²) in [5.74, 6) is 0.382. The van der Waals surface area contributed by atoms with Gasteiger partial charge >= 0.3 is 5.97 Å². The molecule has 1 aliphatic heterocycles. The van der Waals surface area contributed by atoms with Gasteiger partial charge in [0.25, 0.3) is 0 Å². The van der Waals surface area contributed by atoms with E-state index in [1.165, 1.54) is 31.0 Å². The maximum Gasteiger partial charge on any atom is 0.335 e. The molecular formula is C19H17N3O5S. The number of benzene rings is 2. The Hall–Kier alpha value is -3.33. The lowest BCUT2D eigenvalue weighted by Gasteiger charge is -2.11. The minimum atomic E-state index is -0.967. The number of methoxy groups -OCH3 is 1. The van der Waals surface area contributed by atoms with Crippen LogP contribution in [-0.4, -0.2) is 41.2 Å². The van der Waals surface area contributed by atoms with Crippen molar-refractivity contribution in [3.8, 4) is 11.5 Å². The predicted molar refractivity (Wildman–Crippen MR) is 106 cm³/mol. The smallest absolute Gasteiger partial charge is 0.335 e. The van der Waals surface area contributed by atoms with Crippen LogP contribution in [0.1, 0.15) is 21.5 Å². The third-order valence-corrected chi connectivity index (χ3v) is 4.59. The molecule has 28 heavy (non-hydrogen) atoms. The van der Waals surface area contributed by atoms with Crippen molar-refractivity contribution in [2.24, 2.45) is 10.2 Å². The number of amidine groups is 1. The quantitative estimate of drug-likeness (QED) is 0.547. The summed E-state index contributed by atoms with van der Waals surface area (Å²) < 4.78 is 11.1. The van der Waals surface area contributed by atoms with Gasteiger partial charge in [-0.15, -0.1) is 5.10 Å². The van der Waals surface area contributed by atoms with Crippen molar-refractivity contribution in [1.29, 1.82) is 0 Å². The minimum absolute atomic E-state index is 0.0836. The Balaban J connectivity index is 1.64. The van der Waals surface area contributed by atoms with Crippen molar-refractivity contribution >= 4 is 35.0 Å². The maximum absolute atomic E-state index is 11.1. The highest BCUT2D eigenvalue weighted by atomic mass is 32.2. The van der Waals surface area contributed by atoms with E-state index in [1.54, 1.807) is 36.5 Å². The van der Waals surface area contributed by atoms with E-state index in [0.717, 1.165) is 11.1 Å². The van der Waals surface area contributed by atoms with Crippen LogP contribution in [0, 0.1) is 0 Å². The van der Waals surface area contributed by atoms with Gasteiger partial charge in [0.15, 0.2) is 16.7 Å². The highest BCUT2D eigenvalue weighted by molar-refractivity contribution is 8.15. The molecule has 0 aromatic heterocycles. The summed E-state index contributed by atoms with van der Waals surface area (Å²) in [5, 5.41) is 19.9. The van der Waals surface area contributed by atoms with Gasteiger partial charge in [0.2, 0.25) is 5.91 Å². The van der Waals surface area contributed by atoms with Crippen LogP contribution in [0.4, 0.5) is 0 Å². The van der Waals surface area contributed by atoms with Crippen molar-refractivity contribution in [2.45, 2.75) is 6.61 Å². The highest BCUT2D eigenvalue weighted by Crippen LogP contribution is 2.28. The number of aromatic carboxylic acids is 1. The molecule has 1 heterocycles. The number of carboxylic acid groups (broad SMARTS) is 1. The summed E-state index contributed by atoms with van der Waals surface area (Å²) in [6.07, 6.45) is 1.55. The lowest BCUT2D eigenvalue weighted by molar-refractivity contribution is -0.116. The van der Waals surface area contributed by atoms with Crippen molar-refractivity contribution in [1.82, 2.24) is 5.32 Å². The van der Waals surface area contributed by atoms with Gasteiger partial charge in [0, 0.05) is 0 Å². The van der Waals surface area contributed by atoms with E-state index < -0.39 is 5.97 Å². The standard InChI is InChI=1S/C19H17N3O5S/c1-26-16-8-13(9-20-22-19-21-17(23)11-28-19)4-7-15(16)27-10-12-2-5-14(6-3-12)18(24)25/h2-9H,10-11H2,1H3,(H,24,25)(H,21,22,23). The average molecular weight is 399 g/mol. The van der Waals surface area contributed by atoms with E-state index in [1.807, 2.05) is 0 Å². The van der Waals surface area contributed by atoms with Crippen molar-refractivity contribution in [3.05, 3.63) is 59.2 Å². The van der Waals surface area contributed by atoms with Crippen LogP contribution in [0.3, 0.4) is 0 Å². The molecule has 2 aromatic carbocycles. The molecule has 0 atom stereocenters. The Morgan fingerprint density at radius 3 is 2.68 bits per heavy atom. The third-order valence-electron chi connectivity index (χ3n) is 3.72. The van der Waals surface area contributed by atoms with Crippen molar-refractivity contribution < 1.29 is 24.2 Å². The van der Waals surface area contributed by atoms with Crippen LogP contribution < -0.4 is 14.8 Å². The first-order valence-corrected chi connectivity index (χ1v) is 9.20. The van der Waals surface area contributed by atoms with Gasteiger partial charge in [-0.3, -0.25) is 4.79 Å². The molecule has 1 saturated heterocycles. The molecule has 2 N–H and O–H groups in total. The van der Waals surface area contributed by atoms with Gasteiger partial charge < -0.3 is 19.9 Å². The lowest BCUT2D eigenvalue weighted by Crippen LogP contribution is -2.19. The molecule has 0 bridgehead atoms. The molecule has 8 nitrogen and oxygen atoms in total. The number of hydrogen-bond acceptors (Lipinski definition) is 7. The molecule has 0 spiro atoms. The van der Waals surface area contributed by atoms with E-state index in [-0.39, 0.29) is 18.1 Å². The van der Waals surface area contributed by atoms with E-state index in [2.05, 4.69) is 15.5 Å². The number of nitrogens with one attached hydrogen (secondary N) is 1. The summed E-state index contributed by atoms with van der Waals surface area (Å²) in [6.45, 7) is 0.272. The fourth-order valence-electron chi connectivity index (χ4n) is 2.32. The van der Waals surface area contributed by atoms with Crippen LogP contribution in [0.2, 0.25) is 0 Å². The number of carbonyl (C=O) groups excluding carboxylic acids is 1. The number of amides is 1. The number of ether oxygens (including phenoxy) is 2. The zero-order chi connectivity index (χ0) is 19.9. The number of carboxylic acids is 1. The van der Waals surface area contributed by atoms with Gasteiger partial charge in [-0.2, -0.15) is 5.10 Å². The molecule has 3 rings (SSSR count). The molecule has 0 unspecified atom stereocenters. The normalized spacial score (nSPS) is 15.0. The van der Waals surface area contributed by atoms with Gasteiger partial charge in [0.1, 0.15) is 6.61 Å². The second kappa shape index (κ2) is 9.05. The largest absolute Gasteiger partial charge is 0.493 e. The fraction of sp³-hybridized carbons (Fsp3) is 0.158. The van der Waals surface area contributed by atoms with Crippen LogP contribution in [0.25, 0.3) is 0 Å². The fourth-order valence-corrected chi connectivity index (χ4v) is 2.95. The van der Waals surface area contributed by atoms with E-state index in [4.69, 9.17) is 14.6 Å². The van der Waals surface area contributed by atoms with Crippen molar-refractivity contribution in [2.75, 3.05) is 12.9 Å².